The van der Waals surface area contributed by atoms with Gasteiger partial charge in [-0.15, -0.1) is 0 Å². The van der Waals surface area contributed by atoms with E-state index in [1.165, 1.54) is 7.11 Å². The van der Waals surface area contributed by atoms with Gasteiger partial charge in [-0.1, -0.05) is 11.6 Å². The number of halogens is 5. The highest BCUT2D eigenvalue weighted by Crippen LogP contribution is 2.48. The maximum absolute atomic E-state index is 13.0. The molecular formula is C10H8ClF4NO3. The summed E-state index contributed by atoms with van der Waals surface area (Å²) in [6, 6.07) is 2.06. The number of hydrogen-bond donors (Lipinski definition) is 1. The average molecular weight is 302 g/mol. The zero-order chi connectivity index (χ0) is 14.3. The summed E-state index contributed by atoms with van der Waals surface area (Å²) in [5.41, 5.74) is 2.76. The van der Waals surface area contributed by atoms with Gasteiger partial charge in [-0.05, 0) is 11.6 Å². The summed E-state index contributed by atoms with van der Waals surface area (Å²) in [6.07, 6.45) is -9.50. The van der Waals surface area contributed by atoms with Gasteiger partial charge in [0.05, 0.1) is 7.11 Å². The molecule has 1 aliphatic rings. The van der Waals surface area contributed by atoms with Crippen LogP contribution < -0.4 is 15.0 Å². The number of hydrogen-bond acceptors (Lipinski definition) is 4. The van der Waals surface area contributed by atoms with Crippen LogP contribution in [0.15, 0.2) is 12.1 Å². The fraction of sp³-hybridized carbons (Fsp3) is 0.400. The van der Waals surface area contributed by atoms with Gasteiger partial charge < -0.3 is 14.3 Å². The number of benzene rings is 1. The van der Waals surface area contributed by atoms with Crippen molar-refractivity contribution < 1.29 is 31.9 Å². The number of alkyl halides is 4. The van der Waals surface area contributed by atoms with Crippen molar-refractivity contribution in [3.05, 3.63) is 22.7 Å². The fourth-order valence-electron chi connectivity index (χ4n) is 1.42. The second-order valence-electron chi connectivity index (χ2n) is 3.65. The molecule has 1 aromatic carbocycles. The predicted molar refractivity (Wildman–Crippen MR) is 56.5 cm³/mol. The topological polar surface area (TPSA) is 39.7 Å². The Bertz CT molecular complexity index is 498. The molecule has 106 valence electrons. The van der Waals surface area contributed by atoms with Gasteiger partial charge in [-0.25, -0.2) is 0 Å². The van der Waals surface area contributed by atoms with E-state index in [4.69, 9.17) is 11.6 Å². The first kappa shape index (κ1) is 14.2. The average Bonchev–Trinajstić information content (AvgIpc) is 2.28. The zero-order valence-electron chi connectivity index (χ0n) is 9.48. The summed E-state index contributed by atoms with van der Waals surface area (Å²) in [5, 5.41) is 0.0490. The van der Waals surface area contributed by atoms with Gasteiger partial charge in [-0.2, -0.15) is 23.0 Å². The minimum absolute atomic E-state index is 0.0490. The van der Waals surface area contributed by atoms with Crippen LogP contribution in [-0.2, 0) is 11.4 Å². The minimum atomic E-state index is -4.75. The van der Waals surface area contributed by atoms with E-state index in [1.54, 1.807) is 0 Å². The van der Waals surface area contributed by atoms with Crippen LogP contribution in [0, 0.1) is 0 Å². The van der Waals surface area contributed by atoms with Gasteiger partial charge in [0.15, 0.2) is 11.5 Å². The second kappa shape index (κ2) is 4.69. The summed E-state index contributed by atoms with van der Waals surface area (Å²) in [7, 11) is 1.35. The lowest BCUT2D eigenvalue weighted by atomic mass is 10.2. The summed E-state index contributed by atoms with van der Waals surface area (Å²) >= 11 is 5.80. The number of ether oxygens (including phenoxy) is 2. The molecule has 1 aromatic rings. The summed E-state index contributed by atoms with van der Waals surface area (Å²) in [6.45, 7) is 0.0773. The van der Waals surface area contributed by atoms with Gasteiger partial charge in [0.2, 0.25) is 0 Å². The minimum Gasteiger partial charge on any atom is -0.421 e. The highest BCUT2D eigenvalue weighted by Gasteiger charge is 2.66. The number of nitrogens with one attached hydrogen (secondary N) is 1. The molecule has 0 aliphatic carbocycles. The van der Waals surface area contributed by atoms with E-state index in [1.807, 2.05) is 0 Å². The first-order valence-electron chi connectivity index (χ1n) is 4.99. The van der Waals surface area contributed by atoms with Crippen LogP contribution in [0.1, 0.15) is 5.56 Å². The highest BCUT2D eigenvalue weighted by atomic mass is 35.5. The molecule has 19 heavy (non-hydrogen) atoms. The summed E-state index contributed by atoms with van der Waals surface area (Å²) in [5.74, 6) is -1.07. The van der Waals surface area contributed by atoms with Crippen LogP contribution in [0.5, 0.6) is 11.5 Å². The van der Waals surface area contributed by atoms with Crippen molar-refractivity contribution >= 4 is 11.6 Å². The molecule has 0 saturated heterocycles. The van der Waals surface area contributed by atoms with E-state index < -0.39 is 23.7 Å². The standard InChI is InChI=1S/C10H8ClF4NO3/c1-17-16-4-5-2-7-8(3-6(5)11)19-10(14,15)9(12,13)18-7/h2-3,16H,4H2,1H3. The molecule has 0 spiro atoms. The Morgan fingerprint density at radius 2 is 1.68 bits per heavy atom. The van der Waals surface area contributed by atoms with E-state index in [-0.39, 0.29) is 11.6 Å². The quantitative estimate of drug-likeness (QED) is 0.688. The molecule has 0 unspecified atom stereocenters. The molecule has 1 aliphatic heterocycles. The Hall–Kier alpha value is -1.25. The summed E-state index contributed by atoms with van der Waals surface area (Å²) in [4.78, 5) is 4.57. The second-order valence-corrected chi connectivity index (χ2v) is 4.06. The lowest BCUT2D eigenvalue weighted by molar-refractivity contribution is -0.391. The molecule has 1 N–H and O–H groups in total. The smallest absolute Gasteiger partial charge is 0.421 e. The van der Waals surface area contributed by atoms with E-state index in [0.717, 1.165) is 12.1 Å². The summed E-state index contributed by atoms with van der Waals surface area (Å²) < 4.78 is 59.7. The molecule has 4 nitrogen and oxygen atoms in total. The van der Waals surface area contributed by atoms with Gasteiger partial charge in [-0.3, -0.25) is 0 Å². The number of rotatable bonds is 3. The monoisotopic (exact) mass is 301 g/mol. The van der Waals surface area contributed by atoms with Crippen LogP contribution in [0.25, 0.3) is 0 Å². The van der Waals surface area contributed by atoms with Gasteiger partial charge in [0.25, 0.3) is 0 Å². The normalized spacial score (nSPS) is 19.3. The molecule has 0 radical (unpaired) electrons. The van der Waals surface area contributed by atoms with E-state index in [0.29, 0.717) is 5.56 Å². The van der Waals surface area contributed by atoms with Crippen molar-refractivity contribution in [2.75, 3.05) is 7.11 Å². The van der Waals surface area contributed by atoms with Crippen molar-refractivity contribution in [2.24, 2.45) is 0 Å². The highest BCUT2D eigenvalue weighted by molar-refractivity contribution is 6.31. The van der Waals surface area contributed by atoms with Crippen LogP contribution in [0.3, 0.4) is 0 Å². The Morgan fingerprint density at radius 3 is 2.21 bits per heavy atom. The van der Waals surface area contributed by atoms with Crippen molar-refractivity contribution in [3.8, 4) is 11.5 Å². The van der Waals surface area contributed by atoms with Crippen LogP contribution in [0.2, 0.25) is 5.02 Å². The van der Waals surface area contributed by atoms with Crippen molar-refractivity contribution in [2.45, 2.75) is 18.8 Å². The number of fused-ring (bicyclic) bond motifs is 1. The first-order chi connectivity index (χ1) is 8.77. The first-order valence-corrected chi connectivity index (χ1v) is 5.36. The molecule has 2 rings (SSSR count). The van der Waals surface area contributed by atoms with E-state index >= 15 is 0 Å². The van der Waals surface area contributed by atoms with Crippen molar-refractivity contribution in [3.63, 3.8) is 0 Å². The van der Waals surface area contributed by atoms with Crippen LogP contribution >= 0.6 is 11.6 Å². The maximum atomic E-state index is 13.0. The Labute approximate surface area is 110 Å². The molecule has 9 heteroatoms. The lowest BCUT2D eigenvalue weighted by Crippen LogP contribution is -2.52. The third-order valence-corrected chi connectivity index (χ3v) is 2.69. The van der Waals surface area contributed by atoms with Gasteiger partial charge in [0.1, 0.15) is 0 Å². The Morgan fingerprint density at radius 1 is 1.16 bits per heavy atom. The predicted octanol–water partition coefficient (Wildman–Crippen LogP) is 2.95. The van der Waals surface area contributed by atoms with Crippen LogP contribution in [0.4, 0.5) is 17.6 Å². The van der Waals surface area contributed by atoms with Crippen molar-refractivity contribution in [1.29, 1.82) is 0 Å². The lowest BCUT2D eigenvalue weighted by Gasteiger charge is -2.32. The molecule has 0 bridgehead atoms. The maximum Gasteiger partial charge on any atom is 0.507 e. The zero-order valence-corrected chi connectivity index (χ0v) is 10.2. The van der Waals surface area contributed by atoms with Crippen LogP contribution in [-0.4, -0.2) is 19.3 Å². The molecule has 0 atom stereocenters. The fourth-order valence-corrected chi connectivity index (χ4v) is 1.64. The number of hydroxylamine groups is 1. The van der Waals surface area contributed by atoms with Gasteiger partial charge >= 0.3 is 12.2 Å². The molecule has 0 saturated carbocycles. The molecule has 0 fully saturated rings. The molecule has 0 amide bonds. The third kappa shape index (κ3) is 2.56. The SMILES string of the molecule is CONCc1cc2c(cc1Cl)OC(F)(F)C(F)(F)O2. The third-order valence-electron chi connectivity index (χ3n) is 2.33. The molecule has 0 aromatic heterocycles. The van der Waals surface area contributed by atoms with E-state index in [9.17, 15) is 17.6 Å². The Balaban J connectivity index is 2.37. The Kier molecular flexibility index (Phi) is 3.50. The molecule has 1 heterocycles. The van der Waals surface area contributed by atoms with E-state index in [2.05, 4.69) is 19.8 Å². The largest absolute Gasteiger partial charge is 0.507 e. The molecular weight excluding hydrogens is 294 g/mol. The van der Waals surface area contributed by atoms with Gasteiger partial charge in [0, 0.05) is 17.6 Å². The van der Waals surface area contributed by atoms with Crippen molar-refractivity contribution in [1.82, 2.24) is 5.48 Å².